The lowest BCUT2D eigenvalue weighted by Crippen LogP contribution is -2.33. The van der Waals surface area contributed by atoms with Gasteiger partial charge in [0.1, 0.15) is 0 Å². The molecule has 0 heterocycles. The van der Waals surface area contributed by atoms with Crippen LogP contribution in [0.25, 0.3) is 0 Å². The van der Waals surface area contributed by atoms with Crippen molar-refractivity contribution in [2.24, 2.45) is 0 Å². The van der Waals surface area contributed by atoms with Gasteiger partial charge in [0, 0.05) is 11.8 Å². The van der Waals surface area contributed by atoms with Gasteiger partial charge >= 0.3 is 0 Å². The summed E-state index contributed by atoms with van der Waals surface area (Å²) in [6.07, 6.45) is 6.96. The second-order valence-electron chi connectivity index (χ2n) is 3.90. The first-order valence-electron chi connectivity index (χ1n) is 5.45. The Morgan fingerprint density at radius 2 is 2.17 bits per heavy atom. The van der Waals surface area contributed by atoms with Crippen LogP contribution in [-0.4, -0.2) is 26.6 Å². The SMILES string of the molecule is C#CC(CC)NC(=O)c1cccc(S(C)(=O)=O)c1. The van der Waals surface area contributed by atoms with E-state index in [1.54, 1.807) is 6.07 Å². The zero-order valence-corrected chi connectivity index (χ0v) is 11.1. The zero-order valence-electron chi connectivity index (χ0n) is 10.3. The van der Waals surface area contributed by atoms with Crippen LogP contribution < -0.4 is 5.32 Å². The van der Waals surface area contributed by atoms with Gasteiger partial charge in [0.25, 0.3) is 5.91 Å². The largest absolute Gasteiger partial charge is 0.338 e. The lowest BCUT2D eigenvalue weighted by Gasteiger charge is -2.11. The number of hydrogen-bond donors (Lipinski definition) is 1. The van der Waals surface area contributed by atoms with E-state index < -0.39 is 9.84 Å². The van der Waals surface area contributed by atoms with E-state index in [0.717, 1.165) is 6.26 Å². The van der Waals surface area contributed by atoms with E-state index in [2.05, 4.69) is 11.2 Å². The summed E-state index contributed by atoms with van der Waals surface area (Å²) in [6, 6.07) is 5.52. The van der Waals surface area contributed by atoms with Crippen molar-refractivity contribution in [2.45, 2.75) is 24.3 Å². The van der Waals surface area contributed by atoms with E-state index in [1.807, 2.05) is 6.92 Å². The number of benzene rings is 1. The van der Waals surface area contributed by atoms with Gasteiger partial charge in [-0.3, -0.25) is 4.79 Å². The average Bonchev–Trinajstić information content (AvgIpc) is 2.34. The molecule has 0 aliphatic heterocycles. The van der Waals surface area contributed by atoms with Gasteiger partial charge in [-0.25, -0.2) is 8.42 Å². The van der Waals surface area contributed by atoms with Crippen LogP contribution in [0.2, 0.25) is 0 Å². The summed E-state index contributed by atoms with van der Waals surface area (Å²) in [6.45, 7) is 1.86. The molecule has 1 atom stereocenters. The monoisotopic (exact) mass is 265 g/mol. The summed E-state index contributed by atoms with van der Waals surface area (Å²) in [4.78, 5) is 12.0. The molecule has 1 N–H and O–H groups in total. The summed E-state index contributed by atoms with van der Waals surface area (Å²) < 4.78 is 22.8. The van der Waals surface area contributed by atoms with Gasteiger partial charge in [-0.05, 0) is 24.6 Å². The van der Waals surface area contributed by atoms with Crippen LogP contribution in [0.3, 0.4) is 0 Å². The first-order valence-corrected chi connectivity index (χ1v) is 7.34. The predicted molar refractivity (Wildman–Crippen MR) is 69.9 cm³/mol. The third-order valence-electron chi connectivity index (χ3n) is 2.44. The minimum atomic E-state index is -3.32. The third kappa shape index (κ3) is 3.60. The second-order valence-corrected chi connectivity index (χ2v) is 5.92. The summed E-state index contributed by atoms with van der Waals surface area (Å²) in [5, 5.41) is 2.64. The van der Waals surface area contributed by atoms with Crippen LogP contribution in [0, 0.1) is 12.3 Å². The Labute approximate surface area is 107 Å². The zero-order chi connectivity index (χ0) is 13.8. The highest BCUT2D eigenvalue weighted by Gasteiger charge is 2.13. The highest BCUT2D eigenvalue weighted by atomic mass is 32.2. The van der Waals surface area contributed by atoms with Crippen LogP contribution in [0.4, 0.5) is 0 Å². The molecule has 18 heavy (non-hydrogen) atoms. The maximum absolute atomic E-state index is 11.9. The lowest BCUT2D eigenvalue weighted by molar-refractivity contribution is 0.0945. The molecule has 0 spiro atoms. The molecule has 1 aromatic rings. The van der Waals surface area contributed by atoms with Crippen LogP contribution in [0.5, 0.6) is 0 Å². The number of sulfone groups is 1. The Morgan fingerprint density at radius 1 is 1.50 bits per heavy atom. The fraction of sp³-hybridized carbons (Fsp3) is 0.308. The van der Waals surface area contributed by atoms with E-state index in [0.29, 0.717) is 6.42 Å². The fourth-order valence-corrected chi connectivity index (χ4v) is 2.04. The smallest absolute Gasteiger partial charge is 0.252 e. The highest BCUT2D eigenvalue weighted by Crippen LogP contribution is 2.11. The number of carbonyl (C=O) groups is 1. The molecule has 0 aromatic heterocycles. The number of amides is 1. The lowest BCUT2D eigenvalue weighted by atomic mass is 10.2. The Bertz CT molecular complexity index is 584. The molecule has 0 bridgehead atoms. The topological polar surface area (TPSA) is 63.2 Å². The molecule has 0 aliphatic rings. The molecule has 0 fully saturated rings. The van der Waals surface area contributed by atoms with E-state index in [9.17, 15) is 13.2 Å². The van der Waals surface area contributed by atoms with Crippen molar-refractivity contribution in [3.8, 4) is 12.3 Å². The first-order chi connectivity index (χ1) is 8.38. The van der Waals surface area contributed by atoms with Crippen molar-refractivity contribution in [2.75, 3.05) is 6.26 Å². The van der Waals surface area contributed by atoms with Gasteiger partial charge in [-0.1, -0.05) is 18.9 Å². The van der Waals surface area contributed by atoms with E-state index in [-0.39, 0.29) is 22.4 Å². The van der Waals surface area contributed by atoms with Crippen LogP contribution in [-0.2, 0) is 9.84 Å². The molecule has 0 radical (unpaired) electrons. The fourth-order valence-electron chi connectivity index (χ4n) is 1.37. The Morgan fingerprint density at radius 3 is 2.67 bits per heavy atom. The number of nitrogens with one attached hydrogen (secondary N) is 1. The molecule has 4 nitrogen and oxygen atoms in total. The Hall–Kier alpha value is -1.80. The molecule has 0 saturated carbocycles. The van der Waals surface area contributed by atoms with Crippen LogP contribution >= 0.6 is 0 Å². The average molecular weight is 265 g/mol. The minimum Gasteiger partial charge on any atom is -0.338 e. The Kier molecular flexibility index (Phi) is 4.51. The van der Waals surface area contributed by atoms with E-state index in [1.165, 1.54) is 18.2 Å². The number of hydrogen-bond acceptors (Lipinski definition) is 3. The van der Waals surface area contributed by atoms with Gasteiger partial charge in [-0.15, -0.1) is 6.42 Å². The Balaban J connectivity index is 2.98. The van der Waals surface area contributed by atoms with Crippen molar-refractivity contribution in [3.05, 3.63) is 29.8 Å². The van der Waals surface area contributed by atoms with Crippen molar-refractivity contribution < 1.29 is 13.2 Å². The maximum atomic E-state index is 11.9. The molecule has 5 heteroatoms. The van der Waals surface area contributed by atoms with Crippen molar-refractivity contribution in [3.63, 3.8) is 0 Å². The van der Waals surface area contributed by atoms with Crippen molar-refractivity contribution in [1.29, 1.82) is 0 Å². The standard InChI is InChI=1S/C13H15NO3S/c1-4-11(5-2)14-13(15)10-7-6-8-12(9-10)18(3,16)17/h1,6-9,11H,5H2,2-3H3,(H,14,15). The van der Waals surface area contributed by atoms with Gasteiger partial charge in [0.2, 0.25) is 0 Å². The molecule has 1 rings (SSSR count). The van der Waals surface area contributed by atoms with Crippen molar-refractivity contribution >= 4 is 15.7 Å². The molecular formula is C13H15NO3S. The molecule has 1 amide bonds. The number of carbonyl (C=O) groups excluding carboxylic acids is 1. The van der Waals surface area contributed by atoms with Crippen LogP contribution in [0.15, 0.2) is 29.2 Å². The van der Waals surface area contributed by atoms with Crippen LogP contribution in [0.1, 0.15) is 23.7 Å². The molecule has 0 saturated heterocycles. The van der Waals surface area contributed by atoms with Crippen molar-refractivity contribution in [1.82, 2.24) is 5.32 Å². The molecule has 0 aliphatic carbocycles. The van der Waals surface area contributed by atoms with Gasteiger partial charge < -0.3 is 5.32 Å². The quantitative estimate of drug-likeness (QED) is 0.833. The number of rotatable bonds is 4. The molecule has 96 valence electrons. The summed E-state index contributed by atoms with van der Waals surface area (Å²) in [5.74, 6) is 2.08. The summed E-state index contributed by atoms with van der Waals surface area (Å²) in [7, 11) is -3.32. The highest BCUT2D eigenvalue weighted by molar-refractivity contribution is 7.90. The maximum Gasteiger partial charge on any atom is 0.252 e. The van der Waals surface area contributed by atoms with Gasteiger partial charge in [0.15, 0.2) is 9.84 Å². The molecule has 1 aromatic carbocycles. The summed E-state index contributed by atoms with van der Waals surface area (Å²) >= 11 is 0. The van der Waals surface area contributed by atoms with E-state index >= 15 is 0 Å². The second kappa shape index (κ2) is 5.69. The first kappa shape index (κ1) is 14.3. The number of terminal acetylenes is 1. The van der Waals surface area contributed by atoms with Gasteiger partial charge in [-0.2, -0.15) is 0 Å². The van der Waals surface area contributed by atoms with Gasteiger partial charge in [0.05, 0.1) is 10.9 Å². The predicted octanol–water partition coefficient (Wildman–Crippen LogP) is 1.23. The summed E-state index contributed by atoms with van der Waals surface area (Å²) in [5.41, 5.74) is 0.284. The minimum absolute atomic E-state index is 0.115. The molecular weight excluding hydrogens is 250 g/mol. The molecule has 1 unspecified atom stereocenters. The van der Waals surface area contributed by atoms with E-state index in [4.69, 9.17) is 6.42 Å². The third-order valence-corrected chi connectivity index (χ3v) is 3.55. The normalized spacial score (nSPS) is 12.5.